The fourth-order valence-electron chi connectivity index (χ4n) is 6.40. The lowest BCUT2D eigenvalue weighted by Gasteiger charge is -2.12. The maximum Gasteiger partial charge on any atom is 0.160 e. The van der Waals surface area contributed by atoms with Gasteiger partial charge in [-0.1, -0.05) is 115 Å². The van der Waals surface area contributed by atoms with Crippen molar-refractivity contribution in [2.45, 2.75) is 0 Å². The Labute approximate surface area is 258 Å². The van der Waals surface area contributed by atoms with Gasteiger partial charge in [0.15, 0.2) is 5.82 Å². The van der Waals surface area contributed by atoms with E-state index in [1.807, 2.05) is 17.4 Å². The summed E-state index contributed by atoms with van der Waals surface area (Å²) in [4.78, 5) is 10.4. The molecule has 206 valence electrons. The number of benzene rings is 6. The Hall–Kier alpha value is -5.58. The predicted molar refractivity (Wildman–Crippen MR) is 186 cm³/mol. The van der Waals surface area contributed by atoms with Crippen LogP contribution in [-0.2, 0) is 0 Å². The lowest BCUT2D eigenvalue weighted by Crippen LogP contribution is -1.98. The summed E-state index contributed by atoms with van der Waals surface area (Å²) in [6, 6.07) is 53.5. The van der Waals surface area contributed by atoms with E-state index in [-0.39, 0.29) is 0 Å². The number of para-hydroxylation sites is 2. The highest BCUT2D eigenvalue weighted by atomic mass is 32.1. The van der Waals surface area contributed by atoms with Crippen LogP contribution in [0.4, 0.5) is 0 Å². The van der Waals surface area contributed by atoms with Gasteiger partial charge in [0, 0.05) is 53.3 Å². The molecule has 9 rings (SSSR count). The van der Waals surface area contributed by atoms with Crippen molar-refractivity contribution in [2.24, 2.45) is 0 Å². The minimum atomic E-state index is 0.710. The summed E-state index contributed by atoms with van der Waals surface area (Å²) in [7, 11) is 0. The van der Waals surface area contributed by atoms with E-state index in [0.717, 1.165) is 33.8 Å². The van der Waals surface area contributed by atoms with Crippen molar-refractivity contribution in [1.82, 2.24) is 14.5 Å². The Morgan fingerprint density at radius 2 is 1.07 bits per heavy atom. The molecule has 9 aromatic rings. The van der Waals surface area contributed by atoms with Gasteiger partial charge in [0.05, 0.1) is 22.4 Å². The molecule has 3 aromatic heterocycles. The quantitative estimate of drug-likeness (QED) is 0.208. The van der Waals surface area contributed by atoms with E-state index < -0.39 is 0 Å². The molecule has 0 aliphatic carbocycles. The molecule has 0 N–H and O–H groups in total. The summed E-state index contributed by atoms with van der Waals surface area (Å²) in [5.74, 6) is 0.710. The van der Waals surface area contributed by atoms with E-state index in [9.17, 15) is 0 Å². The Morgan fingerprint density at radius 3 is 1.86 bits per heavy atom. The van der Waals surface area contributed by atoms with Crippen molar-refractivity contribution in [3.8, 4) is 39.6 Å². The number of aromatic nitrogens is 3. The first-order valence-corrected chi connectivity index (χ1v) is 15.6. The zero-order chi connectivity index (χ0) is 29.0. The third-order valence-corrected chi connectivity index (χ3v) is 9.64. The van der Waals surface area contributed by atoms with Gasteiger partial charge in [-0.15, -0.1) is 11.3 Å². The second kappa shape index (κ2) is 10.0. The van der Waals surface area contributed by atoms with Crippen LogP contribution < -0.4 is 0 Å². The molecule has 0 saturated carbocycles. The van der Waals surface area contributed by atoms with Gasteiger partial charge in [0.1, 0.15) is 0 Å². The highest BCUT2D eigenvalue weighted by Gasteiger charge is 2.17. The van der Waals surface area contributed by atoms with Gasteiger partial charge in [-0.2, -0.15) is 0 Å². The van der Waals surface area contributed by atoms with Crippen molar-refractivity contribution in [2.75, 3.05) is 0 Å². The van der Waals surface area contributed by atoms with Crippen LogP contribution in [0.3, 0.4) is 0 Å². The lowest BCUT2D eigenvalue weighted by molar-refractivity contribution is 1.16. The third kappa shape index (κ3) is 3.96. The van der Waals surface area contributed by atoms with Crippen molar-refractivity contribution in [1.29, 1.82) is 0 Å². The van der Waals surface area contributed by atoms with Crippen molar-refractivity contribution in [3.63, 3.8) is 0 Å². The molecule has 0 fully saturated rings. The zero-order valence-electron chi connectivity index (χ0n) is 23.7. The minimum Gasteiger partial charge on any atom is -0.309 e. The summed E-state index contributed by atoms with van der Waals surface area (Å²) in [6.45, 7) is 0. The maximum atomic E-state index is 5.25. The number of nitrogens with zero attached hydrogens (tertiary/aromatic N) is 3. The molecule has 0 bridgehead atoms. The fourth-order valence-corrected chi connectivity index (χ4v) is 7.63. The van der Waals surface area contributed by atoms with Crippen molar-refractivity contribution in [3.05, 3.63) is 152 Å². The van der Waals surface area contributed by atoms with Crippen LogP contribution in [0.5, 0.6) is 0 Å². The van der Waals surface area contributed by atoms with Crippen molar-refractivity contribution < 1.29 is 0 Å². The van der Waals surface area contributed by atoms with Crippen LogP contribution in [0.25, 0.3) is 81.6 Å². The normalized spacial score (nSPS) is 11.6. The first-order valence-electron chi connectivity index (χ1n) is 14.8. The van der Waals surface area contributed by atoms with Gasteiger partial charge in [0.2, 0.25) is 0 Å². The van der Waals surface area contributed by atoms with Crippen LogP contribution in [-0.4, -0.2) is 14.5 Å². The Morgan fingerprint density at radius 1 is 0.455 bits per heavy atom. The molecule has 0 amide bonds. The molecular weight excluding hydrogens is 555 g/mol. The lowest BCUT2D eigenvalue weighted by atomic mass is 10.0. The SMILES string of the molecule is c1ccc(-c2cc(-c3cccc4c3sc3ccccc34)nc(-c3cccc(-n4c5ccccc5c5ccccc54)c3)n2)cc1. The van der Waals surface area contributed by atoms with Crippen LogP contribution in [0.1, 0.15) is 0 Å². The average molecular weight is 580 g/mol. The van der Waals surface area contributed by atoms with Crippen LogP contribution in [0.2, 0.25) is 0 Å². The maximum absolute atomic E-state index is 5.25. The molecule has 0 unspecified atom stereocenters. The molecule has 0 aliphatic rings. The first-order chi connectivity index (χ1) is 21.8. The van der Waals surface area contributed by atoms with E-state index in [0.29, 0.717) is 5.82 Å². The predicted octanol–water partition coefficient (Wildman–Crippen LogP) is 10.9. The summed E-state index contributed by atoms with van der Waals surface area (Å²) in [5, 5.41) is 5.03. The summed E-state index contributed by atoms with van der Waals surface area (Å²) < 4.78 is 4.87. The van der Waals surface area contributed by atoms with Crippen LogP contribution in [0, 0.1) is 0 Å². The van der Waals surface area contributed by atoms with E-state index in [4.69, 9.17) is 9.97 Å². The Balaban J connectivity index is 1.27. The van der Waals surface area contributed by atoms with Crippen molar-refractivity contribution >= 4 is 53.3 Å². The zero-order valence-corrected chi connectivity index (χ0v) is 24.5. The van der Waals surface area contributed by atoms with Crippen LogP contribution in [0.15, 0.2) is 152 Å². The molecule has 3 nitrogen and oxygen atoms in total. The van der Waals surface area contributed by atoms with E-state index in [1.165, 1.54) is 42.0 Å². The van der Waals surface area contributed by atoms with E-state index in [2.05, 4.69) is 150 Å². The minimum absolute atomic E-state index is 0.710. The highest BCUT2D eigenvalue weighted by molar-refractivity contribution is 7.26. The highest BCUT2D eigenvalue weighted by Crippen LogP contribution is 2.40. The second-order valence-corrected chi connectivity index (χ2v) is 12.1. The van der Waals surface area contributed by atoms with Gasteiger partial charge in [-0.05, 0) is 36.4 Å². The molecular formula is C40H25N3S. The summed E-state index contributed by atoms with van der Waals surface area (Å²) in [5.41, 5.74) is 8.46. The second-order valence-electron chi connectivity index (χ2n) is 11.0. The number of rotatable bonds is 4. The third-order valence-electron chi connectivity index (χ3n) is 8.42. The summed E-state index contributed by atoms with van der Waals surface area (Å²) in [6.07, 6.45) is 0. The number of fused-ring (bicyclic) bond motifs is 6. The summed E-state index contributed by atoms with van der Waals surface area (Å²) >= 11 is 1.83. The monoisotopic (exact) mass is 579 g/mol. The molecule has 4 heteroatoms. The van der Waals surface area contributed by atoms with Gasteiger partial charge in [-0.25, -0.2) is 9.97 Å². The molecule has 44 heavy (non-hydrogen) atoms. The Kier molecular flexibility index (Phi) is 5.68. The number of hydrogen-bond acceptors (Lipinski definition) is 3. The van der Waals surface area contributed by atoms with Gasteiger partial charge >= 0.3 is 0 Å². The standard InChI is InChI=1S/C40H25N3S/c1-2-12-26(13-3-1)34-25-35(33-20-11-19-32-31-18-6-9-23-38(31)44-39(32)33)42-40(41-34)27-14-10-15-28(24-27)43-36-21-7-4-16-29(36)30-17-5-8-22-37(30)43/h1-25H. The van der Waals surface area contributed by atoms with E-state index >= 15 is 0 Å². The van der Waals surface area contributed by atoms with Gasteiger partial charge < -0.3 is 4.57 Å². The Bertz CT molecular complexity index is 2450. The van der Waals surface area contributed by atoms with E-state index in [1.54, 1.807) is 0 Å². The fraction of sp³-hybridized carbons (Fsp3) is 0. The largest absolute Gasteiger partial charge is 0.309 e. The first kappa shape index (κ1) is 25.0. The molecule has 0 saturated heterocycles. The smallest absolute Gasteiger partial charge is 0.160 e. The van der Waals surface area contributed by atoms with Crippen LogP contribution >= 0.6 is 11.3 Å². The topological polar surface area (TPSA) is 30.7 Å². The molecule has 0 atom stereocenters. The van der Waals surface area contributed by atoms with Gasteiger partial charge in [0.25, 0.3) is 0 Å². The average Bonchev–Trinajstić information content (AvgIpc) is 3.65. The molecule has 3 heterocycles. The molecule has 6 aromatic carbocycles. The molecule has 0 aliphatic heterocycles. The molecule has 0 spiro atoms. The number of thiophene rings is 1. The molecule has 0 radical (unpaired) electrons. The number of hydrogen-bond donors (Lipinski definition) is 0. The van der Waals surface area contributed by atoms with Gasteiger partial charge in [-0.3, -0.25) is 0 Å².